The molecule has 1 N–H and O–H groups in total. The molecule has 0 saturated heterocycles. The topological polar surface area (TPSA) is 76.1 Å². The normalized spacial score (nSPS) is 12.1. The lowest BCUT2D eigenvalue weighted by Crippen LogP contribution is -2.27. The zero-order chi connectivity index (χ0) is 41.1. The summed E-state index contributed by atoms with van der Waals surface area (Å²) < 4.78 is 10.3. The lowest BCUT2D eigenvalue weighted by Gasteiger charge is -2.21. The maximum absolute atomic E-state index is 10.3. The van der Waals surface area contributed by atoms with Crippen molar-refractivity contribution in [1.29, 1.82) is 0 Å². The van der Waals surface area contributed by atoms with Gasteiger partial charge in [0.2, 0.25) is 0 Å². The molecule has 0 aliphatic carbocycles. The molecule has 0 amide bonds. The molecular formula is C49H101NO5. The summed E-state index contributed by atoms with van der Waals surface area (Å²) in [6.07, 6.45) is 43.6. The molecule has 0 aromatic rings. The second-order valence-corrected chi connectivity index (χ2v) is 16.4. The molecule has 0 aromatic carbocycles. The monoisotopic (exact) mass is 784 g/mol. The third kappa shape index (κ3) is 53.0. The first-order valence-electron chi connectivity index (χ1n) is 24.4. The number of nitrogens with zero attached hydrogens (tertiary/aromatic N) is 1. The van der Waals surface area contributed by atoms with Gasteiger partial charge in [0, 0.05) is 33.3 Å². The summed E-state index contributed by atoms with van der Waals surface area (Å²) in [6.45, 7) is 17.1. The quantitative estimate of drug-likeness (QED) is 0.0490. The highest BCUT2D eigenvalue weighted by molar-refractivity contribution is 5.48. The van der Waals surface area contributed by atoms with Gasteiger partial charge in [-0.15, -0.1) is 0 Å². The zero-order valence-electron chi connectivity index (χ0n) is 38.4. The van der Waals surface area contributed by atoms with Gasteiger partial charge in [0.25, 0.3) is 6.47 Å². The molecule has 0 fully saturated rings. The summed E-state index contributed by atoms with van der Waals surface area (Å²) in [4.78, 5) is 23.0. The number of hydrogen-bond acceptors (Lipinski definition) is 6. The van der Waals surface area contributed by atoms with Crippen LogP contribution in [0.1, 0.15) is 247 Å². The molecule has 0 radical (unpaired) electrons. The molecule has 2 atom stereocenters. The molecule has 0 aliphatic rings. The van der Waals surface area contributed by atoms with Crippen molar-refractivity contribution >= 4 is 12.8 Å². The summed E-state index contributed by atoms with van der Waals surface area (Å²) in [6, 6.07) is 0. The van der Waals surface area contributed by atoms with Crippen molar-refractivity contribution in [3.05, 3.63) is 0 Å². The number of methoxy groups -OCH3 is 1. The highest BCUT2D eigenvalue weighted by Crippen LogP contribution is 2.20. The maximum Gasteiger partial charge on any atom is 0.293 e. The van der Waals surface area contributed by atoms with E-state index in [4.69, 9.17) is 14.6 Å². The van der Waals surface area contributed by atoms with Gasteiger partial charge in [-0.1, -0.05) is 189 Å². The van der Waals surface area contributed by atoms with Crippen molar-refractivity contribution in [3.8, 4) is 0 Å². The molecule has 0 heterocycles. The van der Waals surface area contributed by atoms with Crippen molar-refractivity contribution in [2.24, 2.45) is 11.8 Å². The van der Waals surface area contributed by atoms with Crippen molar-refractivity contribution in [3.63, 3.8) is 0 Å². The Morgan fingerprint density at radius 3 is 1.18 bits per heavy atom. The number of aliphatic hydroxyl groups is 1. The number of aldehydes is 1. The Labute approximate surface area is 345 Å². The van der Waals surface area contributed by atoms with E-state index >= 15 is 0 Å². The number of unbranched alkanes of at least 4 members (excludes halogenated alkanes) is 22. The Balaban J connectivity index is -0.000000738. The van der Waals surface area contributed by atoms with Crippen LogP contribution in [0.3, 0.4) is 0 Å². The molecule has 6 nitrogen and oxygen atoms in total. The summed E-state index contributed by atoms with van der Waals surface area (Å²) >= 11 is 0. The summed E-state index contributed by atoms with van der Waals surface area (Å²) in [5, 5.41) is 8.90. The van der Waals surface area contributed by atoms with E-state index in [0.717, 1.165) is 57.7 Å². The lowest BCUT2D eigenvalue weighted by atomic mass is 9.95. The van der Waals surface area contributed by atoms with E-state index in [-0.39, 0.29) is 6.61 Å². The van der Waals surface area contributed by atoms with Crippen LogP contribution >= 0.6 is 0 Å². The van der Waals surface area contributed by atoms with Crippen LogP contribution in [0, 0.1) is 11.8 Å². The summed E-state index contributed by atoms with van der Waals surface area (Å²) in [5.74, 6) is 1.41. The van der Waals surface area contributed by atoms with E-state index in [1.807, 2.05) is 7.11 Å². The Hall–Kier alpha value is -0.980. The zero-order valence-corrected chi connectivity index (χ0v) is 38.4. The fraction of sp³-hybridized carbons (Fsp3) is 0.959. The maximum atomic E-state index is 10.3. The molecule has 6 heteroatoms. The van der Waals surface area contributed by atoms with Crippen LogP contribution in [-0.2, 0) is 19.1 Å². The van der Waals surface area contributed by atoms with Crippen molar-refractivity contribution in [2.75, 3.05) is 46.6 Å². The smallest absolute Gasteiger partial charge is 0.293 e. The van der Waals surface area contributed by atoms with E-state index in [1.165, 1.54) is 186 Å². The average molecular weight is 784 g/mol. The number of carbonyl (C=O) groups is 2. The van der Waals surface area contributed by atoms with E-state index < -0.39 is 0 Å². The molecule has 0 saturated carbocycles. The van der Waals surface area contributed by atoms with Crippen LogP contribution in [0.4, 0.5) is 0 Å². The standard InChI is InChI=1S/C17H34O2.C17H36O.C15H31NO2/c1-3-5-7-9-10-12-14-17(15-19-16-18)13-11-8-6-4-2;1-4-6-8-10-11-13-15-17(16-18-3)14-12-9-7-5-2;1-2-3-4-7-11-16(13-10-15-18)12-8-5-6-9-14-17/h16-17H,3-15H2,1-2H3;17H,4-16H2,1-3H3;14,18H,2-13,15H2,1H3. The second-order valence-electron chi connectivity index (χ2n) is 16.4. The summed E-state index contributed by atoms with van der Waals surface area (Å²) in [7, 11) is 1.85. The van der Waals surface area contributed by atoms with E-state index in [0.29, 0.717) is 25.4 Å². The fourth-order valence-electron chi connectivity index (χ4n) is 7.31. The second kappa shape index (κ2) is 55.1. The van der Waals surface area contributed by atoms with E-state index in [2.05, 4.69) is 39.5 Å². The predicted molar refractivity (Wildman–Crippen MR) is 241 cm³/mol. The fourth-order valence-corrected chi connectivity index (χ4v) is 7.31. The van der Waals surface area contributed by atoms with Gasteiger partial charge in [0.05, 0.1) is 6.61 Å². The molecule has 0 aromatic heterocycles. The first-order valence-corrected chi connectivity index (χ1v) is 24.4. The van der Waals surface area contributed by atoms with E-state index in [9.17, 15) is 9.59 Å². The number of ether oxygens (including phenoxy) is 2. The first kappa shape index (κ1) is 58.3. The number of rotatable bonds is 43. The Kier molecular flexibility index (Phi) is 58.5. The molecule has 0 rings (SSSR count). The SMILES string of the molecule is CCCCCCCCC(CCCCCC)COC.CCCCCCCCC(CCCCCC)COC=O.CCCCCCN(CCCO)CCCCCC=O. The third-order valence-corrected chi connectivity index (χ3v) is 10.9. The minimum absolute atomic E-state index is 0.288. The van der Waals surface area contributed by atoms with Crippen LogP contribution in [0.15, 0.2) is 0 Å². The van der Waals surface area contributed by atoms with Gasteiger partial charge in [0.15, 0.2) is 0 Å². The van der Waals surface area contributed by atoms with Gasteiger partial charge in [-0.05, 0) is 76.3 Å². The first-order chi connectivity index (χ1) is 27.0. The molecule has 55 heavy (non-hydrogen) atoms. The van der Waals surface area contributed by atoms with Gasteiger partial charge in [-0.3, -0.25) is 4.79 Å². The highest BCUT2D eigenvalue weighted by atomic mass is 16.5. The van der Waals surface area contributed by atoms with Crippen LogP contribution in [0.5, 0.6) is 0 Å². The largest absolute Gasteiger partial charge is 0.468 e. The van der Waals surface area contributed by atoms with Gasteiger partial charge in [-0.25, -0.2) is 0 Å². The minimum atomic E-state index is 0.288. The van der Waals surface area contributed by atoms with E-state index in [1.54, 1.807) is 0 Å². The molecule has 2 unspecified atom stereocenters. The molecule has 332 valence electrons. The van der Waals surface area contributed by atoms with Crippen LogP contribution in [0.25, 0.3) is 0 Å². The van der Waals surface area contributed by atoms with Gasteiger partial charge < -0.3 is 24.3 Å². The van der Waals surface area contributed by atoms with Crippen LogP contribution in [-0.4, -0.2) is 69.3 Å². The molecule has 0 spiro atoms. The molecule has 0 aliphatic heterocycles. The Bertz CT molecular complexity index is 678. The van der Waals surface area contributed by atoms with Gasteiger partial charge >= 0.3 is 0 Å². The number of carbonyl (C=O) groups excluding carboxylic acids is 2. The van der Waals surface area contributed by atoms with Crippen LogP contribution < -0.4 is 0 Å². The number of aliphatic hydroxyl groups excluding tert-OH is 1. The highest BCUT2D eigenvalue weighted by Gasteiger charge is 2.10. The molecule has 0 bridgehead atoms. The molecular weight excluding hydrogens is 683 g/mol. The van der Waals surface area contributed by atoms with Gasteiger partial charge in [0.1, 0.15) is 6.29 Å². The van der Waals surface area contributed by atoms with Crippen LogP contribution in [0.2, 0.25) is 0 Å². The Morgan fingerprint density at radius 1 is 0.455 bits per heavy atom. The van der Waals surface area contributed by atoms with Crippen molar-refractivity contribution in [1.82, 2.24) is 4.90 Å². The van der Waals surface area contributed by atoms with Gasteiger partial charge in [-0.2, -0.15) is 0 Å². The Morgan fingerprint density at radius 2 is 0.800 bits per heavy atom. The minimum Gasteiger partial charge on any atom is -0.468 e. The van der Waals surface area contributed by atoms with Crippen molar-refractivity contribution in [2.45, 2.75) is 247 Å². The lowest BCUT2D eigenvalue weighted by molar-refractivity contribution is -0.130. The third-order valence-electron chi connectivity index (χ3n) is 10.9. The summed E-state index contributed by atoms with van der Waals surface area (Å²) in [5.41, 5.74) is 0. The van der Waals surface area contributed by atoms with Crippen molar-refractivity contribution < 1.29 is 24.2 Å². The number of hydrogen-bond donors (Lipinski definition) is 1. The average Bonchev–Trinajstić information content (AvgIpc) is 3.20. The predicted octanol–water partition coefficient (Wildman–Crippen LogP) is 14.5.